The quantitative estimate of drug-likeness (QED) is 0.454. The summed E-state index contributed by atoms with van der Waals surface area (Å²) in [6.07, 6.45) is 9.21. The predicted octanol–water partition coefficient (Wildman–Crippen LogP) is 4.65. The first-order valence-corrected chi connectivity index (χ1v) is 9.87. The van der Waals surface area contributed by atoms with Gasteiger partial charge in [0, 0.05) is 55.1 Å². The highest BCUT2D eigenvalue weighted by molar-refractivity contribution is 5.97. The molecule has 0 aliphatic heterocycles. The Balaban J connectivity index is 1.65. The first kappa shape index (κ1) is 18.3. The molecule has 30 heavy (non-hydrogen) atoms. The van der Waals surface area contributed by atoms with Crippen molar-refractivity contribution >= 4 is 33.3 Å². The van der Waals surface area contributed by atoms with E-state index in [2.05, 4.69) is 73.7 Å². The molecule has 148 valence electrons. The zero-order valence-corrected chi connectivity index (χ0v) is 16.9. The van der Waals surface area contributed by atoms with Gasteiger partial charge in [-0.1, -0.05) is 12.1 Å². The van der Waals surface area contributed by atoms with Gasteiger partial charge < -0.3 is 15.2 Å². The third-order valence-electron chi connectivity index (χ3n) is 5.33. The molecule has 0 aliphatic rings. The van der Waals surface area contributed by atoms with Crippen molar-refractivity contribution in [1.29, 1.82) is 0 Å². The lowest BCUT2D eigenvalue weighted by Gasteiger charge is -2.14. The highest BCUT2D eigenvalue weighted by Crippen LogP contribution is 2.33. The molecular formula is C24H22N6. The van der Waals surface area contributed by atoms with E-state index < -0.39 is 0 Å². The van der Waals surface area contributed by atoms with Crippen LogP contribution in [-0.2, 0) is 13.6 Å². The van der Waals surface area contributed by atoms with Crippen molar-refractivity contribution in [2.24, 2.45) is 7.05 Å². The van der Waals surface area contributed by atoms with E-state index >= 15 is 0 Å². The summed E-state index contributed by atoms with van der Waals surface area (Å²) in [7, 11) is 4.00. The van der Waals surface area contributed by atoms with E-state index in [1.807, 2.05) is 31.6 Å². The maximum absolute atomic E-state index is 4.62. The maximum atomic E-state index is 4.62. The van der Waals surface area contributed by atoms with Gasteiger partial charge >= 0.3 is 0 Å². The van der Waals surface area contributed by atoms with Crippen molar-refractivity contribution in [1.82, 2.24) is 24.8 Å². The van der Waals surface area contributed by atoms with Crippen LogP contribution in [0.1, 0.15) is 5.56 Å². The van der Waals surface area contributed by atoms with Gasteiger partial charge in [0.1, 0.15) is 0 Å². The SMILES string of the molecule is CNCc1ccncc1Nc1cc(-c2ccc3ccn(C)c3c2)c2nccnc2c1. The molecule has 0 fully saturated rings. The number of hydrogen-bond donors (Lipinski definition) is 2. The van der Waals surface area contributed by atoms with Gasteiger partial charge in [0.05, 0.1) is 22.9 Å². The maximum Gasteiger partial charge on any atom is 0.0966 e. The van der Waals surface area contributed by atoms with Crippen LogP contribution < -0.4 is 10.6 Å². The lowest BCUT2D eigenvalue weighted by Crippen LogP contribution is -2.08. The van der Waals surface area contributed by atoms with Crippen LogP contribution in [0.5, 0.6) is 0 Å². The standard InChI is InChI=1S/C24H22N6/c1-25-14-18-5-7-26-15-22(18)29-19-12-20(24-21(13-19)27-8-9-28-24)17-4-3-16-6-10-30(2)23(16)11-17/h3-13,15,25,29H,14H2,1-2H3. The first-order chi connectivity index (χ1) is 14.7. The number of nitrogens with zero attached hydrogens (tertiary/aromatic N) is 4. The van der Waals surface area contributed by atoms with Crippen molar-refractivity contribution in [3.63, 3.8) is 0 Å². The Morgan fingerprint density at radius 3 is 2.77 bits per heavy atom. The summed E-state index contributed by atoms with van der Waals surface area (Å²) in [4.78, 5) is 13.5. The fourth-order valence-corrected chi connectivity index (χ4v) is 3.83. The number of aromatic nitrogens is 4. The molecular weight excluding hydrogens is 372 g/mol. The van der Waals surface area contributed by atoms with E-state index in [1.54, 1.807) is 12.4 Å². The summed E-state index contributed by atoms with van der Waals surface area (Å²) in [5, 5.41) is 7.95. The topological polar surface area (TPSA) is 67.7 Å². The molecule has 3 heterocycles. The Labute approximate surface area is 174 Å². The number of pyridine rings is 1. The van der Waals surface area contributed by atoms with Crippen LogP contribution >= 0.6 is 0 Å². The largest absolute Gasteiger partial charge is 0.354 e. The van der Waals surface area contributed by atoms with Crippen LogP contribution in [0.2, 0.25) is 0 Å². The number of benzene rings is 2. The van der Waals surface area contributed by atoms with Crippen LogP contribution in [0.3, 0.4) is 0 Å². The second-order valence-corrected chi connectivity index (χ2v) is 7.34. The smallest absolute Gasteiger partial charge is 0.0966 e. The van der Waals surface area contributed by atoms with E-state index in [4.69, 9.17) is 0 Å². The summed E-state index contributed by atoms with van der Waals surface area (Å²) >= 11 is 0. The minimum absolute atomic E-state index is 0.759. The van der Waals surface area contributed by atoms with E-state index in [9.17, 15) is 0 Å². The minimum Gasteiger partial charge on any atom is -0.354 e. The van der Waals surface area contributed by atoms with Crippen LogP contribution in [0.15, 0.2) is 73.4 Å². The monoisotopic (exact) mass is 394 g/mol. The minimum atomic E-state index is 0.759. The van der Waals surface area contributed by atoms with Gasteiger partial charge in [-0.25, -0.2) is 0 Å². The molecule has 0 amide bonds. The first-order valence-electron chi connectivity index (χ1n) is 9.87. The van der Waals surface area contributed by atoms with Crippen LogP contribution in [0, 0.1) is 0 Å². The van der Waals surface area contributed by atoms with Crippen molar-refractivity contribution < 1.29 is 0 Å². The molecule has 0 bridgehead atoms. The molecule has 0 saturated heterocycles. The second kappa shape index (κ2) is 7.57. The number of fused-ring (bicyclic) bond motifs is 2. The average Bonchev–Trinajstić information content (AvgIpc) is 3.15. The molecule has 6 nitrogen and oxygen atoms in total. The van der Waals surface area contributed by atoms with Crippen molar-refractivity contribution in [3.8, 4) is 11.1 Å². The summed E-state index contributed by atoms with van der Waals surface area (Å²) < 4.78 is 2.13. The summed E-state index contributed by atoms with van der Waals surface area (Å²) in [5.41, 5.74) is 8.16. The number of aryl methyl sites for hydroxylation is 1. The van der Waals surface area contributed by atoms with Crippen molar-refractivity contribution in [2.45, 2.75) is 6.54 Å². The molecule has 0 aliphatic carbocycles. The number of rotatable bonds is 5. The highest BCUT2D eigenvalue weighted by Gasteiger charge is 2.11. The van der Waals surface area contributed by atoms with E-state index in [1.165, 1.54) is 10.9 Å². The van der Waals surface area contributed by atoms with Crippen LogP contribution in [0.4, 0.5) is 11.4 Å². The molecule has 0 spiro atoms. The van der Waals surface area contributed by atoms with Crippen molar-refractivity contribution in [3.05, 3.63) is 79.0 Å². The van der Waals surface area contributed by atoms with Crippen LogP contribution in [-0.4, -0.2) is 26.6 Å². The average molecular weight is 394 g/mol. The van der Waals surface area contributed by atoms with Gasteiger partial charge in [0.25, 0.3) is 0 Å². The third-order valence-corrected chi connectivity index (χ3v) is 5.33. The Bertz CT molecular complexity index is 1350. The molecule has 0 atom stereocenters. The molecule has 2 N–H and O–H groups in total. The Morgan fingerprint density at radius 2 is 1.87 bits per heavy atom. The lowest BCUT2D eigenvalue weighted by atomic mass is 10.0. The lowest BCUT2D eigenvalue weighted by molar-refractivity contribution is 0.818. The number of hydrogen-bond acceptors (Lipinski definition) is 5. The van der Waals surface area contributed by atoms with Gasteiger partial charge in [-0.15, -0.1) is 0 Å². The predicted molar refractivity (Wildman–Crippen MR) is 122 cm³/mol. The van der Waals surface area contributed by atoms with Gasteiger partial charge in [-0.3, -0.25) is 15.0 Å². The molecule has 2 aromatic carbocycles. The molecule has 5 rings (SSSR count). The fourth-order valence-electron chi connectivity index (χ4n) is 3.83. The van der Waals surface area contributed by atoms with E-state index in [0.717, 1.165) is 45.6 Å². The van der Waals surface area contributed by atoms with Gasteiger partial charge in [-0.2, -0.15) is 0 Å². The molecule has 0 saturated carbocycles. The molecule has 0 unspecified atom stereocenters. The third kappa shape index (κ3) is 3.27. The summed E-state index contributed by atoms with van der Waals surface area (Å²) in [6.45, 7) is 0.759. The van der Waals surface area contributed by atoms with Gasteiger partial charge in [0.2, 0.25) is 0 Å². The highest BCUT2D eigenvalue weighted by atomic mass is 14.9. The zero-order valence-electron chi connectivity index (χ0n) is 16.9. The fraction of sp³-hybridized carbons (Fsp3) is 0.125. The molecule has 6 heteroatoms. The Kier molecular flexibility index (Phi) is 4.61. The zero-order chi connectivity index (χ0) is 20.5. The second-order valence-electron chi connectivity index (χ2n) is 7.34. The molecule has 3 aromatic heterocycles. The van der Waals surface area contributed by atoms with Gasteiger partial charge in [-0.05, 0) is 53.9 Å². The Morgan fingerprint density at radius 1 is 0.967 bits per heavy atom. The normalized spacial score (nSPS) is 11.3. The molecule has 5 aromatic rings. The van der Waals surface area contributed by atoms with Gasteiger partial charge in [0.15, 0.2) is 0 Å². The summed E-state index contributed by atoms with van der Waals surface area (Å²) in [6, 6.07) is 14.8. The number of anilines is 2. The van der Waals surface area contributed by atoms with Crippen LogP contribution in [0.25, 0.3) is 33.1 Å². The van der Waals surface area contributed by atoms with E-state index in [0.29, 0.717) is 0 Å². The molecule has 0 radical (unpaired) electrons. The van der Waals surface area contributed by atoms with E-state index in [-0.39, 0.29) is 0 Å². The number of nitrogens with one attached hydrogen (secondary N) is 2. The summed E-state index contributed by atoms with van der Waals surface area (Å²) in [5.74, 6) is 0. The van der Waals surface area contributed by atoms with Crippen molar-refractivity contribution in [2.75, 3.05) is 12.4 Å². The Hall–Kier alpha value is -3.77.